The minimum atomic E-state index is -4.81. The number of nitrogens with zero attached hydrogens (tertiary/aromatic N) is 3. The number of halogens is 3. The largest absolute Gasteiger partial charge is 0.409 e. The van der Waals surface area contributed by atoms with Crippen molar-refractivity contribution in [1.29, 1.82) is 0 Å². The number of hydrogen-bond acceptors (Lipinski definition) is 4. The Morgan fingerprint density at radius 1 is 1.30 bits per heavy atom. The molecule has 0 bridgehead atoms. The molecule has 0 saturated carbocycles. The van der Waals surface area contributed by atoms with Crippen LogP contribution >= 0.6 is 0 Å². The molecule has 0 spiro atoms. The smallest absolute Gasteiger partial charge is 0.272 e. The fourth-order valence-electron chi connectivity index (χ4n) is 2.23. The monoisotopic (exact) mass is 348 g/mol. The predicted molar refractivity (Wildman–Crippen MR) is 76.0 cm³/mol. The maximum absolute atomic E-state index is 13.4. The van der Waals surface area contributed by atoms with Gasteiger partial charge in [0.15, 0.2) is 0 Å². The molecule has 0 aliphatic rings. The molecule has 1 N–H and O–H groups in total. The van der Waals surface area contributed by atoms with E-state index in [1.165, 1.54) is 43.9 Å². The fourth-order valence-corrected chi connectivity index (χ4v) is 3.38. The summed E-state index contributed by atoms with van der Waals surface area (Å²) in [4.78, 5) is 3.28. The first-order valence-electron chi connectivity index (χ1n) is 6.53. The molecule has 0 fully saturated rings. The predicted octanol–water partition coefficient (Wildman–Crippen LogP) is 2.01. The van der Waals surface area contributed by atoms with Gasteiger partial charge in [-0.1, -0.05) is 0 Å². The number of rotatable bonds is 4. The molecule has 0 aliphatic heterocycles. The number of alkyl halides is 3. The van der Waals surface area contributed by atoms with E-state index in [4.69, 9.17) is 0 Å². The highest BCUT2D eigenvalue weighted by Crippen LogP contribution is 2.36. The second-order valence-corrected chi connectivity index (χ2v) is 6.71. The van der Waals surface area contributed by atoms with Gasteiger partial charge in [0.25, 0.3) is 0 Å². The summed E-state index contributed by atoms with van der Waals surface area (Å²) in [6.07, 6.45) is -2.50. The molecule has 10 heteroatoms. The van der Waals surface area contributed by atoms with Crippen molar-refractivity contribution in [3.05, 3.63) is 41.5 Å². The summed E-state index contributed by atoms with van der Waals surface area (Å²) in [6, 6.07) is 0.116. The highest BCUT2D eigenvalue weighted by molar-refractivity contribution is 7.89. The number of pyridine rings is 1. The molecular formula is C13H15F3N4O2S. The van der Waals surface area contributed by atoms with Crippen molar-refractivity contribution in [1.82, 2.24) is 19.5 Å². The van der Waals surface area contributed by atoms with Gasteiger partial charge in [0.1, 0.15) is 10.9 Å². The summed E-state index contributed by atoms with van der Waals surface area (Å²) in [6.45, 7) is 2.85. The third-order valence-electron chi connectivity index (χ3n) is 3.40. The molecule has 126 valence electrons. The molecule has 2 aromatic rings. The van der Waals surface area contributed by atoms with Crippen LogP contribution in [0.1, 0.15) is 23.0 Å². The molecule has 2 heterocycles. The first-order chi connectivity index (χ1) is 10.5. The molecule has 1 unspecified atom stereocenters. The van der Waals surface area contributed by atoms with E-state index in [1.54, 1.807) is 4.72 Å². The van der Waals surface area contributed by atoms with Crippen LogP contribution in [-0.4, -0.2) is 29.4 Å². The van der Waals surface area contributed by atoms with Gasteiger partial charge in [-0.2, -0.15) is 23.0 Å². The second kappa shape index (κ2) is 5.93. The summed E-state index contributed by atoms with van der Waals surface area (Å²) < 4.78 is 67.7. The van der Waals surface area contributed by atoms with E-state index in [1.807, 2.05) is 0 Å². The Bertz CT molecular complexity index is 801. The van der Waals surface area contributed by atoms with Crippen LogP contribution in [0.2, 0.25) is 0 Å². The molecule has 0 radical (unpaired) electrons. The third kappa shape index (κ3) is 3.53. The molecular weight excluding hydrogens is 333 g/mol. The van der Waals surface area contributed by atoms with Crippen LogP contribution in [0.4, 0.5) is 13.2 Å². The van der Waals surface area contributed by atoms with Gasteiger partial charge in [-0.15, -0.1) is 0 Å². The average molecular weight is 348 g/mol. The van der Waals surface area contributed by atoms with E-state index in [-0.39, 0.29) is 21.8 Å². The Balaban J connectivity index is 2.50. The Morgan fingerprint density at radius 3 is 2.39 bits per heavy atom. The lowest BCUT2D eigenvalue weighted by atomic mass is 10.1. The van der Waals surface area contributed by atoms with E-state index >= 15 is 0 Å². The minimum Gasteiger partial charge on any atom is -0.272 e. The zero-order valence-electron chi connectivity index (χ0n) is 12.6. The summed E-state index contributed by atoms with van der Waals surface area (Å²) in [5.74, 6) is 0. The van der Waals surface area contributed by atoms with Crippen molar-refractivity contribution in [3.8, 4) is 0 Å². The van der Waals surface area contributed by atoms with Gasteiger partial charge in [-0.3, -0.25) is 9.67 Å². The average Bonchev–Trinajstić information content (AvgIpc) is 2.70. The standard InChI is InChI=1S/C13H15F3N4O2S/c1-8-11(9(2)20(3)18-8)12(13(14,15)16)19-23(21,22)10-5-4-6-17-7-10/h4-7,12,19H,1-3H3. The molecule has 0 aromatic carbocycles. The quantitative estimate of drug-likeness (QED) is 0.917. The van der Waals surface area contributed by atoms with Crippen LogP contribution in [0.25, 0.3) is 0 Å². The van der Waals surface area contributed by atoms with Crippen molar-refractivity contribution in [2.75, 3.05) is 0 Å². The second-order valence-electron chi connectivity index (χ2n) is 4.99. The van der Waals surface area contributed by atoms with Crippen LogP contribution in [0.3, 0.4) is 0 Å². The molecule has 0 amide bonds. The maximum Gasteiger partial charge on any atom is 0.409 e. The SMILES string of the molecule is Cc1nn(C)c(C)c1C(NS(=O)(=O)c1cccnc1)C(F)(F)F. The van der Waals surface area contributed by atoms with Crippen molar-refractivity contribution in [2.45, 2.75) is 31.0 Å². The number of hydrogen-bond donors (Lipinski definition) is 1. The highest BCUT2D eigenvalue weighted by atomic mass is 32.2. The Morgan fingerprint density at radius 2 is 1.96 bits per heavy atom. The van der Waals surface area contributed by atoms with E-state index in [2.05, 4.69) is 10.1 Å². The lowest BCUT2D eigenvalue weighted by Gasteiger charge is -2.22. The van der Waals surface area contributed by atoms with Crippen LogP contribution in [0.15, 0.2) is 29.4 Å². The molecule has 1 atom stereocenters. The minimum absolute atomic E-state index is 0.112. The van der Waals surface area contributed by atoms with Crippen molar-refractivity contribution >= 4 is 10.0 Å². The zero-order chi connectivity index (χ0) is 17.4. The van der Waals surface area contributed by atoms with E-state index in [0.29, 0.717) is 0 Å². The fraction of sp³-hybridized carbons (Fsp3) is 0.385. The lowest BCUT2D eigenvalue weighted by Crippen LogP contribution is -2.38. The van der Waals surface area contributed by atoms with Gasteiger partial charge in [0, 0.05) is 30.7 Å². The van der Waals surface area contributed by atoms with Gasteiger partial charge in [0.2, 0.25) is 10.0 Å². The van der Waals surface area contributed by atoms with Crippen molar-refractivity contribution < 1.29 is 21.6 Å². The number of sulfonamides is 1. The number of nitrogens with one attached hydrogen (secondary N) is 1. The highest BCUT2D eigenvalue weighted by Gasteiger charge is 2.46. The molecule has 0 saturated heterocycles. The van der Waals surface area contributed by atoms with E-state index < -0.39 is 22.2 Å². The lowest BCUT2D eigenvalue weighted by molar-refractivity contribution is -0.153. The molecule has 2 aromatic heterocycles. The topological polar surface area (TPSA) is 76.9 Å². The summed E-state index contributed by atoms with van der Waals surface area (Å²) in [5, 5.41) is 3.92. The molecule has 0 aliphatic carbocycles. The van der Waals surface area contributed by atoms with Gasteiger partial charge >= 0.3 is 6.18 Å². The Hall–Kier alpha value is -1.94. The third-order valence-corrected chi connectivity index (χ3v) is 4.81. The van der Waals surface area contributed by atoms with Crippen molar-refractivity contribution in [2.24, 2.45) is 7.05 Å². The van der Waals surface area contributed by atoms with Crippen LogP contribution in [-0.2, 0) is 17.1 Å². The molecule has 2 rings (SSSR count). The summed E-state index contributed by atoms with van der Waals surface area (Å²) in [7, 11) is -2.89. The van der Waals surface area contributed by atoms with Gasteiger partial charge < -0.3 is 0 Å². The Kier molecular flexibility index (Phi) is 4.49. The van der Waals surface area contributed by atoms with Gasteiger partial charge in [-0.25, -0.2) is 8.42 Å². The van der Waals surface area contributed by atoms with E-state index in [9.17, 15) is 21.6 Å². The molecule has 23 heavy (non-hydrogen) atoms. The van der Waals surface area contributed by atoms with Crippen LogP contribution < -0.4 is 4.72 Å². The van der Waals surface area contributed by atoms with Crippen LogP contribution in [0.5, 0.6) is 0 Å². The number of aryl methyl sites for hydroxylation is 2. The van der Waals surface area contributed by atoms with Gasteiger partial charge in [-0.05, 0) is 26.0 Å². The van der Waals surface area contributed by atoms with Crippen molar-refractivity contribution in [3.63, 3.8) is 0 Å². The van der Waals surface area contributed by atoms with Crippen LogP contribution in [0, 0.1) is 13.8 Å². The van der Waals surface area contributed by atoms with E-state index in [0.717, 1.165) is 6.20 Å². The summed E-state index contributed by atoms with van der Waals surface area (Å²) >= 11 is 0. The molecule has 6 nitrogen and oxygen atoms in total. The normalized spacial score (nSPS) is 14.0. The number of aromatic nitrogens is 3. The zero-order valence-corrected chi connectivity index (χ0v) is 13.4. The maximum atomic E-state index is 13.4. The first kappa shape index (κ1) is 17.4. The van der Waals surface area contributed by atoms with Gasteiger partial charge in [0.05, 0.1) is 5.69 Å². The first-order valence-corrected chi connectivity index (χ1v) is 8.01. The Labute approximate surface area is 131 Å². The summed E-state index contributed by atoms with van der Waals surface area (Å²) in [5.41, 5.74) is 0.146.